The van der Waals surface area contributed by atoms with Crippen LogP contribution >= 0.6 is 11.6 Å². The van der Waals surface area contributed by atoms with Crippen molar-refractivity contribution in [1.29, 1.82) is 0 Å². The molecule has 10 heteroatoms. The second kappa shape index (κ2) is 9.85. The fourth-order valence-corrected chi connectivity index (χ4v) is 4.99. The van der Waals surface area contributed by atoms with Gasteiger partial charge in [0.1, 0.15) is 10.8 Å². The monoisotopic (exact) mass is 472 g/mol. The van der Waals surface area contributed by atoms with Crippen LogP contribution in [-0.4, -0.2) is 74.2 Å². The maximum absolute atomic E-state index is 12.0. The molecule has 0 bridgehead atoms. The first-order chi connectivity index (χ1) is 16.1. The smallest absolute Gasteiger partial charge is 0.229 e. The summed E-state index contributed by atoms with van der Waals surface area (Å²) < 4.78 is 2.07. The lowest BCUT2D eigenvalue weighted by atomic mass is 10.1. The summed E-state index contributed by atoms with van der Waals surface area (Å²) in [6, 6.07) is 1.29. The molecule has 0 spiro atoms. The fourth-order valence-electron chi connectivity index (χ4n) is 4.83. The summed E-state index contributed by atoms with van der Waals surface area (Å²) in [6.45, 7) is 6.62. The fraction of sp³-hybridized carbons (Fsp3) is 0.652. The van der Waals surface area contributed by atoms with Gasteiger partial charge in [-0.15, -0.1) is 0 Å². The molecule has 3 fully saturated rings. The Balaban J connectivity index is 1.11. The zero-order chi connectivity index (χ0) is 22.8. The first kappa shape index (κ1) is 22.4. The Kier molecular flexibility index (Phi) is 6.69. The summed E-state index contributed by atoms with van der Waals surface area (Å²) in [5, 5.41) is 11.6. The van der Waals surface area contributed by atoms with Crippen molar-refractivity contribution in [3.8, 4) is 0 Å². The van der Waals surface area contributed by atoms with Crippen LogP contribution in [0.15, 0.2) is 18.6 Å². The number of likely N-dealkylation sites (tertiary alicyclic amines) is 2. The maximum atomic E-state index is 12.0. The number of aromatic nitrogens is 4. The van der Waals surface area contributed by atoms with Gasteiger partial charge in [-0.25, -0.2) is 4.98 Å². The Bertz CT molecular complexity index is 969. The lowest BCUT2D eigenvalue weighted by Crippen LogP contribution is -2.36. The highest BCUT2D eigenvalue weighted by Gasteiger charge is 2.32. The number of carbonyl (C=O) groups excluding carboxylic acids is 1. The highest BCUT2D eigenvalue weighted by molar-refractivity contribution is 6.32. The molecule has 178 valence electrons. The predicted molar refractivity (Wildman–Crippen MR) is 129 cm³/mol. The third-order valence-corrected chi connectivity index (χ3v) is 7.28. The molecule has 1 atom stereocenters. The van der Waals surface area contributed by atoms with Gasteiger partial charge in [0.05, 0.1) is 24.1 Å². The summed E-state index contributed by atoms with van der Waals surface area (Å²) in [7, 11) is 0. The normalized spacial score (nSPS) is 22.2. The van der Waals surface area contributed by atoms with E-state index in [0.29, 0.717) is 29.4 Å². The van der Waals surface area contributed by atoms with E-state index in [1.807, 2.05) is 24.2 Å². The quantitative estimate of drug-likeness (QED) is 0.539. The second-order valence-electron chi connectivity index (χ2n) is 9.52. The molecular weight excluding hydrogens is 440 g/mol. The van der Waals surface area contributed by atoms with Gasteiger partial charge in [-0.3, -0.25) is 9.48 Å². The van der Waals surface area contributed by atoms with Gasteiger partial charge < -0.3 is 20.4 Å². The van der Waals surface area contributed by atoms with E-state index >= 15 is 0 Å². The molecule has 3 aliphatic rings. The molecule has 0 aromatic carbocycles. The molecule has 2 aromatic rings. The van der Waals surface area contributed by atoms with E-state index in [9.17, 15) is 4.79 Å². The SMILES string of the molecule is CC1CCN(CCCNc2nc(Nc3cnn(C4CCN(C5CC5)CC4)c3)ncc2Cl)C1=O. The van der Waals surface area contributed by atoms with Crippen molar-refractivity contribution in [1.82, 2.24) is 29.5 Å². The van der Waals surface area contributed by atoms with E-state index in [4.69, 9.17) is 11.6 Å². The number of halogens is 1. The van der Waals surface area contributed by atoms with Gasteiger partial charge in [-0.05, 0) is 38.5 Å². The third kappa shape index (κ3) is 5.41. The number of nitrogens with one attached hydrogen (secondary N) is 2. The van der Waals surface area contributed by atoms with Crippen LogP contribution in [0, 0.1) is 5.92 Å². The Hall–Kier alpha value is -2.39. The molecule has 0 radical (unpaired) electrons. The number of hydrogen-bond acceptors (Lipinski definition) is 7. The molecular formula is C23H33ClN8O. The first-order valence-corrected chi connectivity index (χ1v) is 12.5. The standard InChI is InChI=1S/C23H33ClN8O/c1-16-5-10-31(22(16)33)9-2-8-25-21-20(24)14-26-23(29-21)28-17-13-27-32(15-17)19-6-11-30(12-7-19)18-3-4-18/h13-16,18-19H,2-12H2,1H3,(H2,25,26,28,29). The van der Waals surface area contributed by atoms with Gasteiger partial charge in [0.15, 0.2) is 0 Å². The highest BCUT2D eigenvalue weighted by atomic mass is 35.5. The molecule has 33 heavy (non-hydrogen) atoms. The average Bonchev–Trinajstić information content (AvgIpc) is 3.50. The van der Waals surface area contributed by atoms with Crippen molar-refractivity contribution in [3.05, 3.63) is 23.6 Å². The average molecular weight is 473 g/mol. The predicted octanol–water partition coefficient (Wildman–Crippen LogP) is 3.54. The minimum atomic E-state index is 0.155. The minimum Gasteiger partial charge on any atom is -0.369 e. The zero-order valence-corrected chi connectivity index (χ0v) is 20.0. The second-order valence-corrected chi connectivity index (χ2v) is 9.93. The van der Waals surface area contributed by atoms with Gasteiger partial charge in [-0.1, -0.05) is 18.5 Å². The summed E-state index contributed by atoms with van der Waals surface area (Å²) in [6.07, 6.45) is 12.3. The molecule has 1 unspecified atom stereocenters. The Morgan fingerprint density at radius 1 is 1.09 bits per heavy atom. The van der Waals surface area contributed by atoms with Crippen molar-refractivity contribution in [2.75, 3.05) is 43.4 Å². The van der Waals surface area contributed by atoms with Crippen molar-refractivity contribution >= 4 is 35.0 Å². The van der Waals surface area contributed by atoms with E-state index < -0.39 is 0 Å². The zero-order valence-electron chi connectivity index (χ0n) is 19.2. The van der Waals surface area contributed by atoms with Crippen LogP contribution < -0.4 is 10.6 Å². The molecule has 9 nitrogen and oxygen atoms in total. The number of amides is 1. The molecule has 2 saturated heterocycles. The van der Waals surface area contributed by atoms with Crippen LogP contribution in [0.1, 0.15) is 51.5 Å². The molecule has 1 saturated carbocycles. The minimum absolute atomic E-state index is 0.155. The van der Waals surface area contributed by atoms with Crippen LogP contribution in [0.4, 0.5) is 17.5 Å². The number of anilines is 3. The van der Waals surface area contributed by atoms with Gasteiger partial charge in [0.2, 0.25) is 11.9 Å². The highest BCUT2D eigenvalue weighted by Crippen LogP contribution is 2.32. The van der Waals surface area contributed by atoms with Crippen LogP contribution in [-0.2, 0) is 4.79 Å². The van der Waals surface area contributed by atoms with Crippen molar-refractivity contribution < 1.29 is 4.79 Å². The lowest BCUT2D eigenvalue weighted by molar-refractivity contribution is -0.130. The molecule has 2 aromatic heterocycles. The van der Waals surface area contributed by atoms with Crippen LogP contribution in [0.3, 0.4) is 0 Å². The lowest BCUT2D eigenvalue weighted by Gasteiger charge is -2.31. The largest absolute Gasteiger partial charge is 0.369 e. The van der Waals surface area contributed by atoms with Gasteiger partial charge in [0, 0.05) is 50.9 Å². The summed E-state index contributed by atoms with van der Waals surface area (Å²) in [5.74, 6) is 1.49. The van der Waals surface area contributed by atoms with E-state index in [-0.39, 0.29) is 11.8 Å². The number of hydrogen-bond donors (Lipinski definition) is 2. The van der Waals surface area contributed by atoms with E-state index in [1.54, 1.807) is 6.20 Å². The van der Waals surface area contributed by atoms with Gasteiger partial charge >= 0.3 is 0 Å². The van der Waals surface area contributed by atoms with Crippen LogP contribution in [0.2, 0.25) is 5.02 Å². The summed E-state index contributed by atoms with van der Waals surface area (Å²) >= 11 is 6.29. The van der Waals surface area contributed by atoms with E-state index in [0.717, 1.165) is 63.6 Å². The van der Waals surface area contributed by atoms with Gasteiger partial charge in [0.25, 0.3) is 0 Å². The van der Waals surface area contributed by atoms with Crippen LogP contribution in [0.25, 0.3) is 0 Å². The number of piperidine rings is 1. The van der Waals surface area contributed by atoms with Crippen molar-refractivity contribution in [3.63, 3.8) is 0 Å². The summed E-state index contributed by atoms with van der Waals surface area (Å²) in [4.78, 5) is 25.4. The van der Waals surface area contributed by atoms with Gasteiger partial charge in [-0.2, -0.15) is 10.1 Å². The number of nitrogens with zero attached hydrogens (tertiary/aromatic N) is 6. The number of rotatable bonds is 9. The van der Waals surface area contributed by atoms with E-state index in [2.05, 4.69) is 35.3 Å². The van der Waals surface area contributed by atoms with E-state index in [1.165, 1.54) is 12.8 Å². The Morgan fingerprint density at radius 3 is 2.64 bits per heavy atom. The number of carbonyl (C=O) groups is 1. The molecule has 5 rings (SSSR count). The maximum Gasteiger partial charge on any atom is 0.229 e. The molecule has 2 N–H and O–H groups in total. The Labute approximate surface area is 199 Å². The molecule has 1 amide bonds. The molecule has 2 aliphatic heterocycles. The Morgan fingerprint density at radius 2 is 1.91 bits per heavy atom. The van der Waals surface area contributed by atoms with Crippen LogP contribution in [0.5, 0.6) is 0 Å². The third-order valence-electron chi connectivity index (χ3n) is 7.00. The first-order valence-electron chi connectivity index (χ1n) is 12.2. The topological polar surface area (TPSA) is 91.2 Å². The summed E-state index contributed by atoms with van der Waals surface area (Å²) in [5.41, 5.74) is 0.870. The molecule has 4 heterocycles. The van der Waals surface area contributed by atoms with Crippen molar-refractivity contribution in [2.24, 2.45) is 5.92 Å². The van der Waals surface area contributed by atoms with Crippen molar-refractivity contribution in [2.45, 2.75) is 57.5 Å². The molecule has 1 aliphatic carbocycles.